The van der Waals surface area contributed by atoms with E-state index in [9.17, 15) is 21.9 Å². The van der Waals surface area contributed by atoms with Crippen LogP contribution in [0.5, 0.6) is 0 Å². The van der Waals surface area contributed by atoms with E-state index in [1.807, 2.05) is 30.0 Å². The van der Waals surface area contributed by atoms with Gasteiger partial charge in [0.1, 0.15) is 5.82 Å². The molecule has 2 aromatic carbocycles. The molecule has 0 atom stereocenters. The van der Waals surface area contributed by atoms with Crippen molar-refractivity contribution in [3.8, 4) is 0 Å². The molecule has 3 aromatic rings. The first kappa shape index (κ1) is 24.7. The Morgan fingerprint density at radius 3 is 2.09 bits per heavy atom. The number of aromatic nitrogens is 1. The smallest absolute Gasteiger partial charge is 0.229 e. The topological polar surface area (TPSA) is 129 Å². The second kappa shape index (κ2) is 9.94. The predicted octanol–water partition coefficient (Wildman–Crippen LogP) is 2.33. The zero-order chi connectivity index (χ0) is 24.2. The van der Waals surface area contributed by atoms with Gasteiger partial charge in [0.25, 0.3) is 0 Å². The van der Waals surface area contributed by atoms with Crippen LogP contribution in [0.2, 0.25) is 0 Å². The molecule has 0 radical (unpaired) electrons. The normalized spacial score (nSPS) is 12.0. The highest BCUT2D eigenvalue weighted by atomic mass is 32.2. The summed E-state index contributed by atoms with van der Waals surface area (Å²) in [6.07, 6.45) is 2.89. The first-order chi connectivity index (χ1) is 15.4. The van der Waals surface area contributed by atoms with Crippen molar-refractivity contribution in [1.29, 1.82) is 0 Å². The molecule has 33 heavy (non-hydrogen) atoms. The van der Waals surface area contributed by atoms with Crippen LogP contribution in [0.1, 0.15) is 11.1 Å². The first-order valence-corrected chi connectivity index (χ1v) is 14.0. The molecule has 0 amide bonds. The Labute approximate surface area is 194 Å². The summed E-state index contributed by atoms with van der Waals surface area (Å²) in [6, 6.07) is 14.3. The number of aryl methyl sites for hydroxylation is 1. The summed E-state index contributed by atoms with van der Waals surface area (Å²) in [7, 11) is -6.69. The average Bonchev–Trinajstić information content (AvgIpc) is 2.70. The largest absolute Gasteiger partial charge is 0.395 e. The highest BCUT2D eigenvalue weighted by molar-refractivity contribution is 7.92. The molecule has 0 saturated carbocycles. The number of hydrogen-bond donors (Lipinski definition) is 3. The number of pyridine rings is 1. The van der Waals surface area contributed by atoms with Gasteiger partial charge in [-0.1, -0.05) is 12.1 Å². The number of aliphatic hydroxyl groups is 1. The van der Waals surface area contributed by atoms with E-state index in [4.69, 9.17) is 4.98 Å². The summed E-state index contributed by atoms with van der Waals surface area (Å²) in [6.45, 7) is 2.90. The highest BCUT2D eigenvalue weighted by Gasteiger charge is 2.12. The van der Waals surface area contributed by atoms with Crippen molar-refractivity contribution in [1.82, 2.24) is 4.98 Å². The van der Waals surface area contributed by atoms with Crippen molar-refractivity contribution in [2.24, 2.45) is 0 Å². The lowest BCUT2D eigenvalue weighted by Crippen LogP contribution is -2.29. The minimum atomic E-state index is -3.37. The van der Waals surface area contributed by atoms with E-state index in [1.54, 1.807) is 30.3 Å². The lowest BCUT2D eigenvalue weighted by molar-refractivity contribution is 0.301. The number of sulfonamides is 2. The fourth-order valence-electron chi connectivity index (χ4n) is 3.50. The van der Waals surface area contributed by atoms with E-state index in [-0.39, 0.29) is 6.61 Å². The molecule has 0 fully saturated rings. The highest BCUT2D eigenvalue weighted by Crippen LogP contribution is 2.26. The van der Waals surface area contributed by atoms with Crippen LogP contribution in [0.25, 0.3) is 10.9 Å². The minimum Gasteiger partial charge on any atom is -0.395 e. The maximum atomic E-state index is 11.5. The molecule has 0 saturated heterocycles. The fourth-order valence-corrected chi connectivity index (χ4v) is 4.61. The molecule has 11 heteroatoms. The molecule has 0 unspecified atom stereocenters. The molecule has 0 bridgehead atoms. The SMILES string of the molecule is Cc1cc(N(CCO)CCc2ccc(NS(C)(=O)=O)cc2)nc2ccc(NS(C)(=O)=O)cc12. The van der Waals surface area contributed by atoms with Crippen LogP contribution in [-0.4, -0.2) is 59.1 Å². The molecular formula is C22H28N4O5S2. The number of hydrogen-bond acceptors (Lipinski definition) is 7. The number of nitrogens with zero attached hydrogens (tertiary/aromatic N) is 2. The van der Waals surface area contributed by atoms with Crippen molar-refractivity contribution in [3.05, 3.63) is 59.7 Å². The number of rotatable bonds is 10. The second-order valence-corrected chi connectivity index (χ2v) is 11.4. The summed E-state index contributed by atoms with van der Waals surface area (Å²) in [5.74, 6) is 0.716. The van der Waals surface area contributed by atoms with Crippen molar-refractivity contribution < 1.29 is 21.9 Å². The number of benzene rings is 2. The minimum absolute atomic E-state index is 0.0345. The van der Waals surface area contributed by atoms with E-state index in [2.05, 4.69) is 9.44 Å². The monoisotopic (exact) mass is 492 g/mol. The Morgan fingerprint density at radius 2 is 1.48 bits per heavy atom. The third-order valence-corrected chi connectivity index (χ3v) is 6.14. The molecule has 0 aliphatic heterocycles. The molecular weight excluding hydrogens is 464 g/mol. The van der Waals surface area contributed by atoms with Crippen molar-refractivity contribution in [3.63, 3.8) is 0 Å². The summed E-state index contributed by atoms with van der Waals surface area (Å²) in [4.78, 5) is 6.70. The van der Waals surface area contributed by atoms with Crippen molar-refractivity contribution in [2.45, 2.75) is 13.3 Å². The molecule has 9 nitrogen and oxygen atoms in total. The number of anilines is 3. The molecule has 178 valence electrons. The summed E-state index contributed by atoms with van der Waals surface area (Å²) in [5.41, 5.74) is 3.66. The van der Waals surface area contributed by atoms with Gasteiger partial charge in [-0.05, 0) is 60.9 Å². The molecule has 3 N–H and O–H groups in total. The third kappa shape index (κ3) is 7.31. The summed E-state index contributed by atoms with van der Waals surface area (Å²) in [5, 5.41) is 10.4. The number of nitrogens with one attached hydrogen (secondary N) is 2. The standard InChI is InChI=1S/C22H28N4O5S2/c1-16-14-22(23-21-9-8-19(15-20(16)21)25-33(3,30)31)26(12-13-27)11-10-17-4-6-18(7-5-17)24-32(2,28)29/h4-9,14-15,24-25,27H,10-13H2,1-3H3. The van der Waals surface area contributed by atoms with E-state index in [1.165, 1.54) is 0 Å². The molecule has 0 aliphatic rings. The van der Waals surface area contributed by atoms with E-state index >= 15 is 0 Å². The quantitative estimate of drug-likeness (QED) is 0.396. The van der Waals surface area contributed by atoms with Crippen LogP contribution in [0.15, 0.2) is 48.5 Å². The zero-order valence-corrected chi connectivity index (χ0v) is 20.4. The van der Waals surface area contributed by atoms with Crippen LogP contribution in [0.3, 0.4) is 0 Å². The van der Waals surface area contributed by atoms with E-state index in [0.29, 0.717) is 36.7 Å². The van der Waals surface area contributed by atoms with Crippen LogP contribution in [0.4, 0.5) is 17.2 Å². The van der Waals surface area contributed by atoms with Gasteiger partial charge >= 0.3 is 0 Å². The predicted molar refractivity (Wildman–Crippen MR) is 133 cm³/mol. The zero-order valence-electron chi connectivity index (χ0n) is 18.7. The number of aliphatic hydroxyl groups excluding tert-OH is 1. The maximum absolute atomic E-state index is 11.5. The molecule has 1 aromatic heterocycles. The van der Waals surface area contributed by atoms with Gasteiger partial charge in [0.05, 0.1) is 24.6 Å². The van der Waals surface area contributed by atoms with Gasteiger partial charge in [-0.15, -0.1) is 0 Å². The Hall–Kier alpha value is -2.89. The molecule has 1 heterocycles. The van der Waals surface area contributed by atoms with Crippen LogP contribution >= 0.6 is 0 Å². The Kier molecular flexibility index (Phi) is 7.45. The van der Waals surface area contributed by atoms with E-state index in [0.717, 1.165) is 34.5 Å². The lowest BCUT2D eigenvalue weighted by Gasteiger charge is -2.24. The second-order valence-electron chi connectivity index (χ2n) is 7.94. The Balaban J connectivity index is 1.79. The Bertz CT molecular complexity index is 1340. The van der Waals surface area contributed by atoms with Gasteiger partial charge in [-0.25, -0.2) is 21.8 Å². The van der Waals surface area contributed by atoms with Crippen LogP contribution in [-0.2, 0) is 26.5 Å². The Morgan fingerprint density at radius 1 is 0.879 bits per heavy atom. The van der Waals surface area contributed by atoms with Gasteiger partial charge in [0.2, 0.25) is 20.0 Å². The fraction of sp³-hybridized carbons (Fsp3) is 0.318. The van der Waals surface area contributed by atoms with Gasteiger partial charge < -0.3 is 10.0 Å². The average molecular weight is 493 g/mol. The van der Waals surface area contributed by atoms with Gasteiger partial charge in [0, 0.05) is 29.9 Å². The summed E-state index contributed by atoms with van der Waals surface area (Å²) >= 11 is 0. The van der Waals surface area contributed by atoms with Crippen LogP contribution < -0.4 is 14.3 Å². The van der Waals surface area contributed by atoms with Crippen molar-refractivity contribution in [2.75, 3.05) is 46.6 Å². The van der Waals surface area contributed by atoms with E-state index < -0.39 is 20.0 Å². The van der Waals surface area contributed by atoms with Gasteiger partial charge in [-0.2, -0.15) is 0 Å². The van der Waals surface area contributed by atoms with Gasteiger partial charge in [-0.3, -0.25) is 9.44 Å². The number of fused-ring (bicyclic) bond motifs is 1. The maximum Gasteiger partial charge on any atom is 0.229 e. The lowest BCUT2D eigenvalue weighted by atomic mass is 10.1. The first-order valence-electron chi connectivity index (χ1n) is 10.3. The molecule has 0 spiro atoms. The van der Waals surface area contributed by atoms with Crippen molar-refractivity contribution >= 4 is 48.1 Å². The van der Waals surface area contributed by atoms with Gasteiger partial charge in [0.15, 0.2) is 0 Å². The van der Waals surface area contributed by atoms with Crippen LogP contribution in [0, 0.1) is 6.92 Å². The molecule has 3 rings (SSSR count). The third-order valence-electron chi connectivity index (χ3n) is 4.93. The summed E-state index contributed by atoms with van der Waals surface area (Å²) < 4.78 is 50.7. The molecule has 0 aliphatic carbocycles.